The summed E-state index contributed by atoms with van der Waals surface area (Å²) >= 11 is 0. The normalized spacial score (nSPS) is 11.2. The Morgan fingerprint density at radius 1 is 0.933 bits per heavy atom. The summed E-state index contributed by atoms with van der Waals surface area (Å²) in [6, 6.07) is 20.5. The molecule has 150 valence electrons. The second-order valence-corrected chi connectivity index (χ2v) is 8.49. The molecule has 0 unspecified atom stereocenters. The zero-order valence-corrected chi connectivity index (χ0v) is 16.7. The van der Waals surface area contributed by atoms with Crippen LogP contribution in [0.4, 0.5) is 5.82 Å². The number of hydrogen-bond donors (Lipinski definition) is 1. The highest BCUT2D eigenvalue weighted by Crippen LogP contribution is 2.24. The molecule has 7 nitrogen and oxygen atoms in total. The van der Waals surface area contributed by atoms with Gasteiger partial charge in [0.15, 0.2) is 5.82 Å². The molecule has 4 aromatic rings. The van der Waals surface area contributed by atoms with E-state index >= 15 is 0 Å². The lowest BCUT2D eigenvalue weighted by Gasteiger charge is -2.09. The van der Waals surface area contributed by atoms with Crippen molar-refractivity contribution in [1.29, 1.82) is 0 Å². The molecular weight excluding hydrogens is 400 g/mol. The molecule has 30 heavy (non-hydrogen) atoms. The molecule has 0 spiro atoms. The smallest absolute Gasteiger partial charge is 0.212 e. The maximum atomic E-state index is 12.8. The maximum Gasteiger partial charge on any atom is 0.212 e. The number of rotatable bonds is 7. The summed E-state index contributed by atoms with van der Waals surface area (Å²) in [6.45, 7) is 0.399. The molecule has 0 aliphatic carbocycles. The van der Waals surface area contributed by atoms with E-state index in [0.29, 0.717) is 18.8 Å². The van der Waals surface area contributed by atoms with Crippen LogP contribution in [0.5, 0.6) is 0 Å². The van der Waals surface area contributed by atoms with E-state index in [4.69, 9.17) is 0 Å². The molecule has 0 radical (unpaired) electrons. The average Bonchev–Trinajstić information content (AvgIpc) is 3.18. The van der Waals surface area contributed by atoms with Crippen molar-refractivity contribution >= 4 is 22.1 Å². The van der Waals surface area contributed by atoms with Crippen molar-refractivity contribution in [3.8, 4) is 11.3 Å². The van der Waals surface area contributed by atoms with Gasteiger partial charge in [-0.25, -0.2) is 8.42 Å². The van der Waals surface area contributed by atoms with Gasteiger partial charge in [0.2, 0.25) is 16.2 Å². The number of hydrogen-bond acceptors (Lipinski definition) is 5. The molecule has 2 aromatic carbocycles. The third-order valence-electron chi connectivity index (χ3n) is 4.56. The number of benzene rings is 2. The van der Waals surface area contributed by atoms with Gasteiger partial charge in [-0.15, -0.1) is 0 Å². The van der Waals surface area contributed by atoms with E-state index < -0.39 is 9.84 Å². The molecule has 0 fully saturated rings. The van der Waals surface area contributed by atoms with Crippen LogP contribution in [0.25, 0.3) is 11.3 Å². The van der Waals surface area contributed by atoms with Crippen LogP contribution in [0, 0.1) is 0 Å². The molecule has 1 amide bonds. The lowest BCUT2D eigenvalue weighted by Crippen LogP contribution is -2.06. The Kier molecular flexibility index (Phi) is 5.40. The fraction of sp³-hybridized carbons (Fsp3) is 0.0455. The molecular formula is C22H18N4O3S. The third kappa shape index (κ3) is 3.99. The highest BCUT2D eigenvalue weighted by Gasteiger charge is 2.17. The first-order valence-electron chi connectivity index (χ1n) is 9.15. The van der Waals surface area contributed by atoms with Crippen molar-refractivity contribution in [1.82, 2.24) is 14.8 Å². The Hall–Kier alpha value is -3.78. The number of amides is 1. The summed E-state index contributed by atoms with van der Waals surface area (Å²) in [5.41, 5.74) is 2.51. The van der Waals surface area contributed by atoms with E-state index in [1.807, 2.05) is 12.1 Å². The molecule has 0 saturated carbocycles. The number of carbonyl (C=O) groups excluding carboxylic acids is 1. The highest BCUT2D eigenvalue weighted by molar-refractivity contribution is 7.91. The van der Waals surface area contributed by atoms with Crippen LogP contribution in [0.1, 0.15) is 5.56 Å². The van der Waals surface area contributed by atoms with E-state index in [-0.39, 0.29) is 9.79 Å². The van der Waals surface area contributed by atoms with Gasteiger partial charge in [0.1, 0.15) is 0 Å². The fourth-order valence-corrected chi connectivity index (χ4v) is 4.38. The summed E-state index contributed by atoms with van der Waals surface area (Å²) in [5, 5.41) is 6.98. The van der Waals surface area contributed by atoms with E-state index in [1.54, 1.807) is 77.7 Å². The largest absolute Gasteiger partial charge is 0.312 e. The lowest BCUT2D eigenvalue weighted by atomic mass is 10.2. The maximum absolute atomic E-state index is 12.8. The summed E-state index contributed by atoms with van der Waals surface area (Å²) in [4.78, 5) is 15.4. The number of nitrogens with zero attached hydrogens (tertiary/aromatic N) is 3. The van der Waals surface area contributed by atoms with Gasteiger partial charge >= 0.3 is 0 Å². The number of nitrogens with one attached hydrogen (secondary N) is 1. The van der Waals surface area contributed by atoms with Gasteiger partial charge in [-0.3, -0.25) is 14.5 Å². The minimum Gasteiger partial charge on any atom is -0.312 e. The van der Waals surface area contributed by atoms with Gasteiger partial charge in [0.25, 0.3) is 0 Å². The number of sulfone groups is 1. The molecule has 0 saturated heterocycles. The van der Waals surface area contributed by atoms with E-state index in [1.165, 1.54) is 0 Å². The highest BCUT2D eigenvalue weighted by atomic mass is 32.2. The molecule has 0 bridgehead atoms. The van der Waals surface area contributed by atoms with Gasteiger partial charge in [0, 0.05) is 24.0 Å². The second kappa shape index (κ2) is 8.30. The first-order chi connectivity index (χ1) is 14.6. The zero-order valence-electron chi connectivity index (χ0n) is 15.8. The van der Waals surface area contributed by atoms with Crippen LogP contribution in [0.3, 0.4) is 0 Å². The van der Waals surface area contributed by atoms with Gasteiger partial charge < -0.3 is 5.32 Å². The second-order valence-electron chi connectivity index (χ2n) is 6.54. The first-order valence-corrected chi connectivity index (χ1v) is 10.6. The molecule has 0 aliphatic heterocycles. The van der Waals surface area contributed by atoms with Gasteiger partial charge in [0.05, 0.1) is 22.0 Å². The molecule has 2 aromatic heterocycles. The van der Waals surface area contributed by atoms with Gasteiger partial charge in [-0.2, -0.15) is 5.10 Å². The van der Waals surface area contributed by atoms with Crippen molar-refractivity contribution in [2.24, 2.45) is 0 Å². The molecule has 0 atom stereocenters. The molecule has 8 heteroatoms. The predicted molar refractivity (Wildman–Crippen MR) is 113 cm³/mol. The molecule has 1 N–H and O–H groups in total. The van der Waals surface area contributed by atoms with E-state index in [9.17, 15) is 13.2 Å². The molecule has 4 rings (SSSR count). The lowest BCUT2D eigenvalue weighted by molar-refractivity contribution is -0.105. The minimum absolute atomic E-state index is 0.230. The fourth-order valence-electron chi connectivity index (χ4n) is 3.10. The van der Waals surface area contributed by atoms with E-state index in [2.05, 4.69) is 15.4 Å². The van der Waals surface area contributed by atoms with Crippen LogP contribution in [-0.4, -0.2) is 29.6 Å². The first kappa shape index (κ1) is 19.5. The summed E-state index contributed by atoms with van der Waals surface area (Å²) in [5.74, 6) is 0.423. The van der Waals surface area contributed by atoms with Crippen molar-refractivity contribution in [3.63, 3.8) is 0 Å². The third-order valence-corrected chi connectivity index (χ3v) is 6.35. The van der Waals surface area contributed by atoms with Crippen LogP contribution >= 0.6 is 0 Å². The van der Waals surface area contributed by atoms with Crippen LogP contribution < -0.4 is 5.32 Å². The quantitative estimate of drug-likeness (QED) is 0.464. The predicted octanol–water partition coefficient (Wildman–Crippen LogP) is 3.39. The Labute approximate surface area is 173 Å². The minimum atomic E-state index is -3.56. The number of anilines is 1. The van der Waals surface area contributed by atoms with Gasteiger partial charge in [-0.1, -0.05) is 30.3 Å². The standard InChI is InChI=1S/C22H18N4O3S/c27-16-24-22-13-21(18-5-4-12-23-14-18)26(25-22)15-17-8-10-20(11-9-17)30(28,29)19-6-2-1-3-7-19/h1-14,16H,15H2,(H,24,25,27). The Balaban J connectivity index is 1.63. The van der Waals surface area contributed by atoms with Crippen molar-refractivity contribution < 1.29 is 13.2 Å². The Morgan fingerprint density at radius 3 is 2.33 bits per heavy atom. The number of aromatic nitrogens is 3. The average molecular weight is 418 g/mol. The summed E-state index contributed by atoms with van der Waals surface area (Å²) in [6.07, 6.45) is 3.97. The van der Waals surface area contributed by atoms with Gasteiger partial charge in [-0.05, 0) is 42.0 Å². The molecule has 0 aliphatic rings. The number of carbonyl (C=O) groups is 1. The topological polar surface area (TPSA) is 94.0 Å². The van der Waals surface area contributed by atoms with E-state index in [0.717, 1.165) is 16.8 Å². The van der Waals surface area contributed by atoms with Crippen LogP contribution in [0.2, 0.25) is 0 Å². The van der Waals surface area contributed by atoms with Crippen molar-refractivity contribution in [3.05, 3.63) is 90.8 Å². The number of pyridine rings is 1. The van der Waals surface area contributed by atoms with Crippen molar-refractivity contribution in [2.75, 3.05) is 5.32 Å². The monoisotopic (exact) mass is 418 g/mol. The van der Waals surface area contributed by atoms with Crippen LogP contribution in [-0.2, 0) is 21.2 Å². The summed E-state index contributed by atoms with van der Waals surface area (Å²) in [7, 11) is -3.56. The summed E-state index contributed by atoms with van der Waals surface area (Å²) < 4.78 is 27.2. The SMILES string of the molecule is O=CNc1cc(-c2cccnc2)n(Cc2ccc(S(=O)(=O)c3ccccc3)cc2)n1. The van der Waals surface area contributed by atoms with Crippen molar-refractivity contribution in [2.45, 2.75) is 16.3 Å². The zero-order chi connectivity index (χ0) is 21.0. The Morgan fingerprint density at radius 2 is 1.67 bits per heavy atom. The van der Waals surface area contributed by atoms with Crippen LogP contribution in [0.15, 0.2) is 95.0 Å². The molecule has 2 heterocycles. The Bertz CT molecular complexity index is 1250.